The van der Waals surface area contributed by atoms with Crippen LogP contribution in [0, 0.1) is 18.3 Å². The lowest BCUT2D eigenvalue weighted by atomic mass is 9.64. The molecule has 1 heterocycles. The van der Waals surface area contributed by atoms with Crippen molar-refractivity contribution in [1.29, 1.82) is 0 Å². The summed E-state index contributed by atoms with van der Waals surface area (Å²) in [5, 5.41) is 15.7. The predicted octanol–water partition coefficient (Wildman–Crippen LogP) is 4.09. The smallest absolute Gasteiger partial charge is 0.0738 e. The molecule has 1 saturated carbocycles. The van der Waals surface area contributed by atoms with E-state index in [2.05, 4.69) is 48.7 Å². The molecular formula is C16H27BrN2O. The van der Waals surface area contributed by atoms with Gasteiger partial charge in [0.15, 0.2) is 0 Å². The molecule has 1 aromatic rings. The van der Waals surface area contributed by atoms with Gasteiger partial charge in [0.2, 0.25) is 0 Å². The summed E-state index contributed by atoms with van der Waals surface area (Å²) in [5.41, 5.74) is 1.75. The second kappa shape index (κ2) is 5.45. The summed E-state index contributed by atoms with van der Waals surface area (Å²) in [6, 6.07) is 0. The first-order chi connectivity index (χ1) is 9.16. The third kappa shape index (κ3) is 3.28. The fourth-order valence-corrected chi connectivity index (χ4v) is 4.61. The third-order valence-corrected chi connectivity index (χ3v) is 5.42. The molecule has 114 valence electrons. The van der Waals surface area contributed by atoms with Crippen LogP contribution in [0.2, 0.25) is 0 Å². The zero-order valence-corrected chi connectivity index (χ0v) is 14.9. The van der Waals surface area contributed by atoms with E-state index in [4.69, 9.17) is 0 Å². The van der Waals surface area contributed by atoms with Gasteiger partial charge in [0.25, 0.3) is 0 Å². The summed E-state index contributed by atoms with van der Waals surface area (Å²) >= 11 is 3.64. The van der Waals surface area contributed by atoms with Crippen LogP contribution in [0.1, 0.15) is 58.3 Å². The highest BCUT2D eigenvalue weighted by atomic mass is 79.9. The molecule has 1 aliphatic rings. The van der Waals surface area contributed by atoms with Crippen LogP contribution in [0.4, 0.5) is 0 Å². The molecule has 1 aliphatic carbocycles. The molecule has 0 amide bonds. The van der Waals surface area contributed by atoms with Gasteiger partial charge < -0.3 is 5.11 Å². The molecule has 2 rings (SSSR count). The van der Waals surface area contributed by atoms with Crippen LogP contribution in [0.25, 0.3) is 0 Å². The minimum absolute atomic E-state index is 0.213. The standard InChI is InChI=1S/C16H27BrN2O/c1-6-19-13(14(17)12(3)18-19)9-16(20)8-11(2)7-15(4,5)10-16/h11,20H,6-10H2,1-5H3. The third-order valence-electron chi connectivity index (χ3n) is 4.39. The van der Waals surface area contributed by atoms with Gasteiger partial charge in [-0.05, 0) is 60.4 Å². The van der Waals surface area contributed by atoms with Gasteiger partial charge in [-0.1, -0.05) is 20.8 Å². The molecule has 0 bridgehead atoms. The Morgan fingerprint density at radius 2 is 2.05 bits per heavy atom. The quantitative estimate of drug-likeness (QED) is 0.898. The van der Waals surface area contributed by atoms with Gasteiger partial charge >= 0.3 is 0 Å². The topological polar surface area (TPSA) is 38.0 Å². The van der Waals surface area contributed by atoms with Crippen LogP contribution < -0.4 is 0 Å². The number of aryl methyl sites for hydroxylation is 2. The summed E-state index contributed by atoms with van der Waals surface area (Å²) < 4.78 is 3.08. The van der Waals surface area contributed by atoms with Crippen LogP contribution >= 0.6 is 15.9 Å². The van der Waals surface area contributed by atoms with E-state index >= 15 is 0 Å². The van der Waals surface area contributed by atoms with Gasteiger partial charge in [0.1, 0.15) is 0 Å². The number of halogens is 1. The molecule has 1 fully saturated rings. The van der Waals surface area contributed by atoms with Crippen molar-refractivity contribution in [2.45, 2.75) is 72.4 Å². The molecule has 2 unspecified atom stereocenters. The maximum atomic E-state index is 11.1. The van der Waals surface area contributed by atoms with E-state index in [-0.39, 0.29) is 5.41 Å². The van der Waals surface area contributed by atoms with E-state index in [0.29, 0.717) is 12.3 Å². The predicted molar refractivity (Wildman–Crippen MR) is 85.8 cm³/mol. The zero-order chi connectivity index (χ0) is 15.1. The Bertz CT molecular complexity index is 495. The van der Waals surface area contributed by atoms with Crippen molar-refractivity contribution in [3.63, 3.8) is 0 Å². The Morgan fingerprint density at radius 3 is 2.60 bits per heavy atom. The normalized spacial score (nSPS) is 29.6. The first-order valence-corrected chi connectivity index (χ1v) is 8.39. The van der Waals surface area contributed by atoms with Crippen molar-refractivity contribution >= 4 is 15.9 Å². The Morgan fingerprint density at radius 1 is 1.40 bits per heavy atom. The number of aromatic nitrogens is 2. The van der Waals surface area contributed by atoms with Crippen molar-refractivity contribution in [3.05, 3.63) is 15.9 Å². The second-order valence-electron chi connectivity index (χ2n) is 7.42. The Kier molecular flexibility index (Phi) is 4.37. The Balaban J connectivity index is 2.28. The summed E-state index contributed by atoms with van der Waals surface area (Å²) in [6.07, 6.45) is 3.64. The maximum Gasteiger partial charge on any atom is 0.0738 e. The summed E-state index contributed by atoms with van der Waals surface area (Å²) in [4.78, 5) is 0. The molecule has 0 aromatic carbocycles. The highest BCUT2D eigenvalue weighted by molar-refractivity contribution is 9.10. The van der Waals surface area contributed by atoms with Gasteiger partial charge in [-0.15, -0.1) is 0 Å². The number of hydrogen-bond acceptors (Lipinski definition) is 2. The number of nitrogens with zero attached hydrogens (tertiary/aromatic N) is 2. The molecule has 20 heavy (non-hydrogen) atoms. The SMILES string of the molecule is CCn1nc(C)c(Br)c1CC1(O)CC(C)CC(C)(C)C1. The first kappa shape index (κ1) is 16.0. The largest absolute Gasteiger partial charge is 0.389 e. The van der Waals surface area contributed by atoms with Crippen molar-refractivity contribution in [2.24, 2.45) is 11.3 Å². The lowest BCUT2D eigenvalue weighted by molar-refractivity contribution is -0.0587. The van der Waals surface area contributed by atoms with Gasteiger partial charge in [0.05, 0.1) is 21.5 Å². The minimum Gasteiger partial charge on any atom is -0.389 e. The van der Waals surface area contributed by atoms with Crippen LogP contribution in [-0.2, 0) is 13.0 Å². The van der Waals surface area contributed by atoms with Crippen molar-refractivity contribution in [2.75, 3.05) is 0 Å². The molecule has 0 saturated heterocycles. The van der Waals surface area contributed by atoms with Crippen molar-refractivity contribution in [1.82, 2.24) is 9.78 Å². The van der Waals surface area contributed by atoms with Gasteiger partial charge in [-0.3, -0.25) is 4.68 Å². The maximum absolute atomic E-state index is 11.1. The summed E-state index contributed by atoms with van der Waals surface area (Å²) in [5.74, 6) is 0.571. The van der Waals surface area contributed by atoms with E-state index in [0.717, 1.165) is 35.2 Å². The van der Waals surface area contributed by atoms with Crippen molar-refractivity contribution < 1.29 is 5.11 Å². The fourth-order valence-electron chi connectivity index (χ4n) is 4.18. The molecule has 3 nitrogen and oxygen atoms in total. The lowest BCUT2D eigenvalue weighted by Gasteiger charge is -2.44. The zero-order valence-electron chi connectivity index (χ0n) is 13.3. The van der Waals surface area contributed by atoms with Crippen LogP contribution in [0.3, 0.4) is 0 Å². The number of rotatable bonds is 3. The van der Waals surface area contributed by atoms with E-state index in [9.17, 15) is 5.11 Å². The minimum atomic E-state index is -0.608. The molecule has 0 spiro atoms. The molecule has 0 aliphatic heterocycles. The number of aliphatic hydroxyl groups is 1. The van der Waals surface area contributed by atoms with Crippen LogP contribution in [0.15, 0.2) is 4.47 Å². The van der Waals surface area contributed by atoms with Crippen LogP contribution in [0.5, 0.6) is 0 Å². The molecule has 4 heteroatoms. The van der Waals surface area contributed by atoms with Crippen molar-refractivity contribution in [3.8, 4) is 0 Å². The average Bonchev–Trinajstić information content (AvgIpc) is 2.53. The summed E-state index contributed by atoms with van der Waals surface area (Å²) in [7, 11) is 0. The van der Waals surface area contributed by atoms with E-state index in [1.807, 2.05) is 11.6 Å². The highest BCUT2D eigenvalue weighted by Gasteiger charge is 2.42. The summed E-state index contributed by atoms with van der Waals surface area (Å²) in [6.45, 7) is 11.7. The van der Waals surface area contributed by atoms with Crippen LogP contribution in [-0.4, -0.2) is 20.5 Å². The van der Waals surface area contributed by atoms with E-state index in [1.54, 1.807) is 0 Å². The highest BCUT2D eigenvalue weighted by Crippen LogP contribution is 2.45. The Labute approximate surface area is 130 Å². The second-order valence-corrected chi connectivity index (χ2v) is 8.21. The lowest BCUT2D eigenvalue weighted by Crippen LogP contribution is -2.44. The van der Waals surface area contributed by atoms with Gasteiger partial charge in [-0.2, -0.15) is 5.10 Å². The molecule has 1 aromatic heterocycles. The van der Waals surface area contributed by atoms with Gasteiger partial charge in [0, 0.05) is 13.0 Å². The molecule has 2 atom stereocenters. The fraction of sp³-hybridized carbons (Fsp3) is 0.812. The molecule has 1 N–H and O–H groups in total. The number of hydrogen-bond donors (Lipinski definition) is 1. The molecular weight excluding hydrogens is 316 g/mol. The Hall–Kier alpha value is -0.350. The van der Waals surface area contributed by atoms with E-state index in [1.165, 1.54) is 6.42 Å². The van der Waals surface area contributed by atoms with E-state index < -0.39 is 5.60 Å². The average molecular weight is 343 g/mol. The molecule has 0 radical (unpaired) electrons. The monoisotopic (exact) mass is 342 g/mol. The van der Waals surface area contributed by atoms with Gasteiger partial charge in [-0.25, -0.2) is 0 Å². The first-order valence-electron chi connectivity index (χ1n) is 7.60.